The Balaban J connectivity index is 1.50. The van der Waals surface area contributed by atoms with E-state index in [4.69, 9.17) is 10.00 Å². The molecule has 0 bridgehead atoms. The van der Waals surface area contributed by atoms with E-state index in [0.29, 0.717) is 29.0 Å². The molecule has 0 aromatic heterocycles. The largest absolute Gasteiger partial charge is 0.495 e. The van der Waals surface area contributed by atoms with Gasteiger partial charge < -0.3 is 35.4 Å². The minimum absolute atomic E-state index is 0.185. The number of piperazine rings is 1. The van der Waals surface area contributed by atoms with Crippen molar-refractivity contribution in [3.8, 4) is 11.8 Å². The molecule has 1 fully saturated rings. The predicted octanol–water partition coefficient (Wildman–Crippen LogP) is 4.61. The first-order chi connectivity index (χ1) is 20.4. The molecule has 3 amide bonds. The molecule has 220 valence electrons. The van der Waals surface area contributed by atoms with Crippen LogP contribution in [0.5, 0.6) is 5.75 Å². The standard InChI is InChI=1S/C32H39N7O3/c1-4-37(5-2)16-15-34-31(40)27-22-26(36-32(41)35-25-10-8-9-24(21-25)23-33)13-14-28(27)38-17-19-39(20-18-38)29-11-6-7-12-30(29)42-3/h6-14,21-22H,4-5,15-20H2,1-3H3,(H,34,40)(H2,35,36,41). The van der Waals surface area contributed by atoms with Gasteiger partial charge >= 0.3 is 6.03 Å². The number of amides is 3. The lowest BCUT2D eigenvalue weighted by molar-refractivity contribution is 0.0949. The number of benzene rings is 3. The number of ether oxygens (including phenoxy) is 1. The Bertz CT molecular complexity index is 1410. The maximum absolute atomic E-state index is 13.5. The number of likely N-dealkylation sites (N-methyl/N-ethyl adjacent to an activating group) is 1. The monoisotopic (exact) mass is 569 g/mol. The SMILES string of the molecule is CCN(CC)CCNC(=O)c1cc(NC(=O)Nc2cccc(C#N)c2)ccc1N1CCN(c2ccccc2OC)CC1. The highest BCUT2D eigenvalue weighted by Gasteiger charge is 2.24. The number of methoxy groups -OCH3 is 1. The molecule has 0 saturated carbocycles. The predicted molar refractivity (Wildman–Crippen MR) is 168 cm³/mol. The zero-order valence-electron chi connectivity index (χ0n) is 24.5. The average Bonchev–Trinajstić information content (AvgIpc) is 3.03. The molecule has 1 aliphatic heterocycles. The number of carbonyl (C=O) groups excluding carboxylic acids is 2. The molecule has 3 N–H and O–H groups in total. The van der Waals surface area contributed by atoms with Crippen LogP contribution < -0.4 is 30.5 Å². The van der Waals surface area contributed by atoms with Gasteiger partial charge in [0.1, 0.15) is 5.75 Å². The van der Waals surface area contributed by atoms with Gasteiger partial charge in [-0.05, 0) is 61.6 Å². The number of rotatable bonds is 11. The van der Waals surface area contributed by atoms with Gasteiger partial charge in [-0.2, -0.15) is 5.26 Å². The van der Waals surface area contributed by atoms with E-state index in [1.165, 1.54) is 0 Å². The van der Waals surface area contributed by atoms with Gasteiger partial charge in [-0.3, -0.25) is 4.79 Å². The molecule has 0 spiro atoms. The van der Waals surface area contributed by atoms with Crippen LogP contribution in [-0.2, 0) is 0 Å². The molecule has 10 nitrogen and oxygen atoms in total. The number of carbonyl (C=O) groups is 2. The van der Waals surface area contributed by atoms with Crippen molar-refractivity contribution >= 4 is 34.7 Å². The Morgan fingerprint density at radius 3 is 2.21 bits per heavy atom. The van der Waals surface area contributed by atoms with Gasteiger partial charge in [-0.25, -0.2) is 4.79 Å². The lowest BCUT2D eigenvalue weighted by Gasteiger charge is -2.38. The molecule has 42 heavy (non-hydrogen) atoms. The van der Waals surface area contributed by atoms with Gasteiger partial charge in [0.25, 0.3) is 5.91 Å². The molecule has 10 heteroatoms. The normalized spacial score (nSPS) is 12.9. The average molecular weight is 570 g/mol. The van der Waals surface area contributed by atoms with Crippen LogP contribution >= 0.6 is 0 Å². The van der Waals surface area contributed by atoms with Crippen molar-refractivity contribution < 1.29 is 14.3 Å². The molecular weight excluding hydrogens is 530 g/mol. The molecule has 4 rings (SSSR count). The Labute approximate surface area is 247 Å². The summed E-state index contributed by atoms with van der Waals surface area (Å²) in [6, 6.07) is 21.7. The van der Waals surface area contributed by atoms with Crippen LogP contribution in [0, 0.1) is 11.3 Å². The molecule has 1 heterocycles. The van der Waals surface area contributed by atoms with Crippen LogP contribution in [0.15, 0.2) is 66.7 Å². The zero-order valence-corrected chi connectivity index (χ0v) is 24.5. The van der Waals surface area contributed by atoms with Crippen LogP contribution in [0.2, 0.25) is 0 Å². The summed E-state index contributed by atoms with van der Waals surface area (Å²) in [7, 11) is 1.68. The maximum Gasteiger partial charge on any atom is 0.323 e. The Hall–Kier alpha value is -4.75. The van der Waals surface area contributed by atoms with E-state index in [9.17, 15) is 9.59 Å². The number of hydrogen-bond acceptors (Lipinski definition) is 7. The Morgan fingerprint density at radius 2 is 1.55 bits per heavy atom. The highest BCUT2D eigenvalue weighted by atomic mass is 16.5. The van der Waals surface area contributed by atoms with Crippen molar-refractivity contribution in [2.45, 2.75) is 13.8 Å². The molecule has 3 aromatic carbocycles. The van der Waals surface area contributed by atoms with Crippen LogP contribution in [0.4, 0.5) is 27.5 Å². The molecule has 0 atom stereocenters. The van der Waals surface area contributed by atoms with Gasteiger partial charge in [0.05, 0.1) is 30.0 Å². The van der Waals surface area contributed by atoms with Gasteiger partial charge in [-0.15, -0.1) is 0 Å². The smallest absolute Gasteiger partial charge is 0.323 e. The summed E-state index contributed by atoms with van der Waals surface area (Å²) in [5.74, 6) is 0.655. The van der Waals surface area contributed by atoms with Crippen molar-refractivity contribution in [2.24, 2.45) is 0 Å². The summed E-state index contributed by atoms with van der Waals surface area (Å²) >= 11 is 0. The van der Waals surface area contributed by atoms with Crippen molar-refractivity contribution in [3.05, 3.63) is 77.9 Å². The van der Waals surface area contributed by atoms with E-state index < -0.39 is 6.03 Å². The molecule has 0 radical (unpaired) electrons. The van der Waals surface area contributed by atoms with E-state index in [1.54, 1.807) is 43.5 Å². The van der Waals surface area contributed by atoms with Gasteiger partial charge in [-0.1, -0.05) is 32.0 Å². The minimum Gasteiger partial charge on any atom is -0.495 e. The van der Waals surface area contributed by atoms with Crippen molar-refractivity contribution in [1.29, 1.82) is 5.26 Å². The Kier molecular flexibility index (Phi) is 10.6. The van der Waals surface area contributed by atoms with E-state index in [-0.39, 0.29) is 5.91 Å². The molecule has 0 unspecified atom stereocenters. The van der Waals surface area contributed by atoms with Gasteiger partial charge in [0, 0.05) is 56.3 Å². The lowest BCUT2D eigenvalue weighted by Crippen LogP contribution is -2.47. The van der Waals surface area contributed by atoms with Crippen LogP contribution in [0.1, 0.15) is 29.8 Å². The topological polar surface area (TPSA) is 113 Å². The number of para-hydroxylation sites is 2. The fourth-order valence-electron chi connectivity index (χ4n) is 5.07. The van der Waals surface area contributed by atoms with E-state index in [1.807, 2.05) is 24.3 Å². The van der Waals surface area contributed by atoms with Crippen LogP contribution in [0.25, 0.3) is 0 Å². The first-order valence-electron chi connectivity index (χ1n) is 14.3. The first-order valence-corrected chi connectivity index (χ1v) is 14.3. The summed E-state index contributed by atoms with van der Waals surface area (Å²) in [5.41, 5.74) is 3.83. The minimum atomic E-state index is -0.462. The van der Waals surface area contributed by atoms with E-state index in [2.05, 4.69) is 56.6 Å². The quantitative estimate of drug-likeness (QED) is 0.309. The van der Waals surface area contributed by atoms with Gasteiger partial charge in [0.2, 0.25) is 0 Å². The summed E-state index contributed by atoms with van der Waals surface area (Å²) in [4.78, 5) is 33.0. The third-order valence-electron chi connectivity index (χ3n) is 7.40. The van der Waals surface area contributed by atoms with Gasteiger partial charge in [0.15, 0.2) is 0 Å². The lowest BCUT2D eigenvalue weighted by atomic mass is 10.1. The van der Waals surface area contributed by atoms with Crippen molar-refractivity contribution in [1.82, 2.24) is 10.2 Å². The highest BCUT2D eigenvalue weighted by molar-refractivity contribution is 6.04. The first kappa shape index (κ1) is 30.2. The summed E-state index contributed by atoms with van der Waals surface area (Å²) in [6.07, 6.45) is 0. The number of nitriles is 1. The fraction of sp³-hybridized carbons (Fsp3) is 0.344. The molecular formula is C32H39N7O3. The van der Waals surface area contributed by atoms with Crippen LogP contribution in [0.3, 0.4) is 0 Å². The molecule has 0 aliphatic carbocycles. The zero-order chi connectivity index (χ0) is 29.9. The second-order valence-corrected chi connectivity index (χ2v) is 9.93. The third kappa shape index (κ3) is 7.71. The number of urea groups is 1. The van der Waals surface area contributed by atoms with E-state index >= 15 is 0 Å². The molecule has 1 aliphatic rings. The number of nitrogens with zero attached hydrogens (tertiary/aromatic N) is 4. The summed E-state index contributed by atoms with van der Waals surface area (Å²) in [6.45, 7) is 10.3. The molecule has 3 aromatic rings. The van der Waals surface area contributed by atoms with E-state index in [0.717, 1.165) is 62.9 Å². The number of nitrogens with one attached hydrogen (secondary N) is 3. The highest BCUT2D eigenvalue weighted by Crippen LogP contribution is 2.31. The second kappa shape index (κ2) is 14.8. The summed E-state index contributed by atoms with van der Waals surface area (Å²) in [5, 5.41) is 17.8. The Morgan fingerprint density at radius 1 is 0.881 bits per heavy atom. The van der Waals surface area contributed by atoms with Crippen molar-refractivity contribution in [2.75, 3.05) is 79.9 Å². The summed E-state index contributed by atoms with van der Waals surface area (Å²) < 4.78 is 5.56. The number of anilines is 4. The second-order valence-electron chi connectivity index (χ2n) is 9.93. The van der Waals surface area contributed by atoms with Crippen molar-refractivity contribution in [3.63, 3.8) is 0 Å². The fourth-order valence-corrected chi connectivity index (χ4v) is 5.07. The molecule has 1 saturated heterocycles. The van der Waals surface area contributed by atoms with Crippen LogP contribution in [-0.4, -0.2) is 76.3 Å². The number of hydrogen-bond donors (Lipinski definition) is 3. The maximum atomic E-state index is 13.5. The third-order valence-corrected chi connectivity index (χ3v) is 7.40.